The van der Waals surface area contributed by atoms with E-state index in [4.69, 9.17) is 14.2 Å². The molecule has 1 aliphatic heterocycles. The van der Waals surface area contributed by atoms with Gasteiger partial charge in [0.05, 0.1) is 25.3 Å². The molecule has 1 aliphatic rings. The Hall–Kier alpha value is -4.30. The maximum atomic E-state index is 13.5. The first-order chi connectivity index (χ1) is 20.2. The number of unbranched alkanes of at least 4 members (excludes halogenated alkanes) is 1. The van der Waals surface area contributed by atoms with Crippen LogP contribution in [0.25, 0.3) is 5.76 Å². The molecule has 8 heteroatoms. The second kappa shape index (κ2) is 14.0. The van der Waals surface area contributed by atoms with Gasteiger partial charge in [0.2, 0.25) is 0 Å². The molecule has 1 N–H and O–H groups in total. The van der Waals surface area contributed by atoms with Crippen molar-refractivity contribution in [1.29, 1.82) is 0 Å². The number of aliphatic hydroxyl groups excluding tert-OH is 1. The third-order valence-electron chi connectivity index (χ3n) is 7.29. The minimum Gasteiger partial charge on any atom is -0.507 e. The summed E-state index contributed by atoms with van der Waals surface area (Å²) in [7, 11) is 5.35. The Labute approximate surface area is 248 Å². The van der Waals surface area contributed by atoms with Gasteiger partial charge in [-0.25, -0.2) is 0 Å². The first kappa shape index (κ1) is 30.7. The minimum absolute atomic E-state index is 0.0431. The van der Waals surface area contributed by atoms with Crippen LogP contribution in [0.15, 0.2) is 72.3 Å². The highest BCUT2D eigenvalue weighted by molar-refractivity contribution is 6.46. The van der Waals surface area contributed by atoms with Gasteiger partial charge in [-0.05, 0) is 74.5 Å². The summed E-state index contributed by atoms with van der Waals surface area (Å²) in [5.41, 5.74) is 2.90. The molecule has 0 saturated carbocycles. The summed E-state index contributed by atoms with van der Waals surface area (Å²) in [5, 5.41) is 11.6. The lowest BCUT2D eigenvalue weighted by atomic mass is 9.93. The lowest BCUT2D eigenvalue weighted by Gasteiger charge is -2.27. The van der Waals surface area contributed by atoms with Crippen LogP contribution < -0.4 is 14.2 Å². The first-order valence-electron chi connectivity index (χ1n) is 14.3. The highest BCUT2D eigenvalue weighted by atomic mass is 16.5. The number of likely N-dealkylation sites (N-methyl/N-ethyl adjacent to an activating group) is 1. The van der Waals surface area contributed by atoms with Crippen molar-refractivity contribution in [2.75, 3.05) is 40.9 Å². The lowest BCUT2D eigenvalue weighted by Crippen LogP contribution is -2.35. The Morgan fingerprint density at radius 3 is 2.40 bits per heavy atom. The molecule has 0 bridgehead atoms. The summed E-state index contributed by atoms with van der Waals surface area (Å²) in [6.07, 6.45) is 1.97. The Kier molecular flexibility index (Phi) is 10.3. The van der Waals surface area contributed by atoms with Crippen LogP contribution in [0, 0.1) is 6.92 Å². The van der Waals surface area contributed by atoms with Gasteiger partial charge in [0.15, 0.2) is 11.5 Å². The van der Waals surface area contributed by atoms with Crippen molar-refractivity contribution in [3.8, 4) is 17.2 Å². The number of hydrogen-bond donors (Lipinski definition) is 1. The predicted octanol–water partition coefficient (Wildman–Crippen LogP) is 5.74. The maximum absolute atomic E-state index is 13.5. The van der Waals surface area contributed by atoms with Crippen LogP contribution in [0.3, 0.4) is 0 Å². The van der Waals surface area contributed by atoms with E-state index >= 15 is 0 Å². The van der Waals surface area contributed by atoms with Gasteiger partial charge in [0.25, 0.3) is 11.7 Å². The number of amides is 1. The molecule has 1 fully saturated rings. The van der Waals surface area contributed by atoms with Crippen LogP contribution in [0.1, 0.15) is 48.1 Å². The van der Waals surface area contributed by atoms with E-state index in [2.05, 4.69) is 6.92 Å². The van der Waals surface area contributed by atoms with Gasteiger partial charge in [-0.1, -0.05) is 49.7 Å². The lowest BCUT2D eigenvalue weighted by molar-refractivity contribution is -0.140. The van der Waals surface area contributed by atoms with E-state index in [1.54, 1.807) is 31.4 Å². The van der Waals surface area contributed by atoms with Gasteiger partial charge >= 0.3 is 0 Å². The number of Topliss-reactive ketones (excluding diaryl/α,β-unsaturated/α-hetero) is 1. The van der Waals surface area contributed by atoms with Gasteiger partial charge in [-0.2, -0.15) is 0 Å². The fourth-order valence-corrected chi connectivity index (χ4v) is 4.94. The standard InChI is InChI=1S/C34H40N2O6/c1-6-7-19-41-26-14-15-27(23(2)20-26)32(37)30-31(36(18-17-35(3)4)34(39)33(30)38)25-13-16-28(29(21-25)40-5)42-22-24-11-9-8-10-12-24/h8-16,20-21,31,37H,6-7,17-19,22H2,1-5H3/b32-30+. The van der Waals surface area contributed by atoms with Crippen LogP contribution in [-0.4, -0.2) is 67.5 Å². The molecular weight excluding hydrogens is 532 g/mol. The average Bonchev–Trinajstić information content (AvgIpc) is 3.24. The molecule has 1 heterocycles. The second-order valence-corrected chi connectivity index (χ2v) is 10.7. The van der Waals surface area contributed by atoms with Gasteiger partial charge in [0.1, 0.15) is 18.1 Å². The Morgan fingerprint density at radius 2 is 1.74 bits per heavy atom. The molecule has 1 saturated heterocycles. The number of ketones is 1. The number of aryl methyl sites for hydroxylation is 1. The van der Waals surface area contributed by atoms with Crippen molar-refractivity contribution < 1.29 is 28.9 Å². The van der Waals surface area contributed by atoms with Gasteiger partial charge < -0.3 is 29.1 Å². The van der Waals surface area contributed by atoms with E-state index in [1.807, 2.05) is 68.4 Å². The molecule has 0 spiro atoms. The zero-order chi connectivity index (χ0) is 30.2. The van der Waals surface area contributed by atoms with Crippen molar-refractivity contribution in [3.63, 3.8) is 0 Å². The highest BCUT2D eigenvalue weighted by Crippen LogP contribution is 2.42. The van der Waals surface area contributed by atoms with Crippen molar-refractivity contribution in [2.24, 2.45) is 0 Å². The van der Waals surface area contributed by atoms with E-state index in [0.29, 0.717) is 54.7 Å². The Balaban J connectivity index is 1.74. The smallest absolute Gasteiger partial charge is 0.295 e. The largest absolute Gasteiger partial charge is 0.507 e. The molecule has 8 nitrogen and oxygen atoms in total. The Morgan fingerprint density at radius 1 is 0.976 bits per heavy atom. The molecule has 0 radical (unpaired) electrons. The monoisotopic (exact) mass is 572 g/mol. The van der Waals surface area contributed by atoms with Crippen LogP contribution in [0.2, 0.25) is 0 Å². The number of nitrogens with zero attached hydrogens (tertiary/aromatic N) is 2. The maximum Gasteiger partial charge on any atom is 0.295 e. The summed E-state index contributed by atoms with van der Waals surface area (Å²) in [6, 6.07) is 19.7. The zero-order valence-corrected chi connectivity index (χ0v) is 25.1. The van der Waals surface area contributed by atoms with E-state index in [-0.39, 0.29) is 11.3 Å². The van der Waals surface area contributed by atoms with E-state index in [0.717, 1.165) is 24.0 Å². The number of hydrogen-bond acceptors (Lipinski definition) is 7. The number of benzene rings is 3. The molecule has 1 amide bonds. The molecule has 1 atom stereocenters. The van der Waals surface area contributed by atoms with Crippen molar-refractivity contribution in [2.45, 2.75) is 39.3 Å². The number of aliphatic hydroxyl groups is 1. The fraction of sp³-hybridized carbons (Fsp3) is 0.353. The van der Waals surface area contributed by atoms with Crippen LogP contribution in [0.4, 0.5) is 0 Å². The van der Waals surface area contributed by atoms with E-state index in [1.165, 1.54) is 4.90 Å². The van der Waals surface area contributed by atoms with Gasteiger partial charge in [-0.15, -0.1) is 0 Å². The summed E-state index contributed by atoms with van der Waals surface area (Å²) >= 11 is 0. The number of carbonyl (C=O) groups excluding carboxylic acids is 2. The number of carbonyl (C=O) groups is 2. The molecule has 3 aromatic carbocycles. The third kappa shape index (κ3) is 6.94. The van der Waals surface area contributed by atoms with Gasteiger partial charge in [-0.3, -0.25) is 9.59 Å². The summed E-state index contributed by atoms with van der Waals surface area (Å²) in [4.78, 5) is 30.3. The van der Waals surface area contributed by atoms with Crippen molar-refractivity contribution in [1.82, 2.24) is 9.80 Å². The molecule has 42 heavy (non-hydrogen) atoms. The molecule has 0 aliphatic carbocycles. The predicted molar refractivity (Wildman–Crippen MR) is 163 cm³/mol. The molecule has 4 rings (SSSR count). The van der Waals surface area contributed by atoms with E-state index in [9.17, 15) is 14.7 Å². The molecule has 3 aromatic rings. The number of methoxy groups -OCH3 is 1. The normalized spacial score (nSPS) is 16.2. The fourth-order valence-electron chi connectivity index (χ4n) is 4.94. The van der Waals surface area contributed by atoms with Crippen LogP contribution in [-0.2, 0) is 16.2 Å². The molecule has 222 valence electrons. The van der Waals surface area contributed by atoms with E-state index < -0.39 is 17.7 Å². The summed E-state index contributed by atoms with van der Waals surface area (Å²) in [6.45, 7) is 5.75. The summed E-state index contributed by atoms with van der Waals surface area (Å²) < 4.78 is 17.5. The average molecular weight is 573 g/mol. The quantitative estimate of drug-likeness (QED) is 0.121. The number of likely N-dealkylation sites (tertiary alicyclic amines) is 1. The third-order valence-corrected chi connectivity index (χ3v) is 7.29. The first-order valence-corrected chi connectivity index (χ1v) is 14.3. The SMILES string of the molecule is CCCCOc1ccc(/C(O)=C2\C(=O)C(=O)N(CCN(C)C)C2c2ccc(OCc3ccccc3)c(OC)c2)c(C)c1. The Bertz CT molecular complexity index is 1430. The number of rotatable bonds is 13. The zero-order valence-electron chi connectivity index (χ0n) is 25.1. The minimum atomic E-state index is -0.804. The number of ether oxygens (including phenoxy) is 3. The summed E-state index contributed by atoms with van der Waals surface area (Å²) in [5.74, 6) is 0.102. The second-order valence-electron chi connectivity index (χ2n) is 10.7. The van der Waals surface area contributed by atoms with Crippen LogP contribution in [0.5, 0.6) is 17.2 Å². The molecular formula is C34H40N2O6. The molecule has 1 unspecified atom stereocenters. The topological polar surface area (TPSA) is 88.5 Å². The molecule has 0 aromatic heterocycles. The highest BCUT2D eigenvalue weighted by Gasteiger charge is 2.46. The van der Waals surface area contributed by atoms with Crippen molar-refractivity contribution in [3.05, 3.63) is 94.6 Å². The van der Waals surface area contributed by atoms with Crippen LogP contribution >= 0.6 is 0 Å². The van der Waals surface area contributed by atoms with Gasteiger partial charge in [0, 0.05) is 18.7 Å². The van der Waals surface area contributed by atoms with Crippen molar-refractivity contribution >= 4 is 17.4 Å².